The zero-order valence-corrected chi connectivity index (χ0v) is 21.8. The summed E-state index contributed by atoms with van der Waals surface area (Å²) in [5.74, 6) is -4.47. The number of amides is 2. The van der Waals surface area contributed by atoms with Crippen molar-refractivity contribution < 1.29 is 41.4 Å². The van der Waals surface area contributed by atoms with Crippen LogP contribution >= 0.6 is 0 Å². The van der Waals surface area contributed by atoms with Crippen molar-refractivity contribution in [2.24, 2.45) is 5.92 Å². The van der Waals surface area contributed by atoms with Crippen molar-refractivity contribution in [3.8, 4) is 0 Å². The standard InChI is InChI=1S/C25H28F2N4O7S/c1-14(23(34)28-12-15-6-4-3-5-7-15)21(32)22(33)19(10-16-8-17(26)11-18(27)9-16)29-24(35)20-13-38-25(30-20)31-39(2,36)37/h3-9,11,13-14,19,21-22,32-33H,10,12H2,1-2H3,(H,28,34)(H,29,35)(H,30,31)/t14-,19+,21-,22-/m1/s1. The van der Waals surface area contributed by atoms with Crippen LogP contribution in [0.15, 0.2) is 59.2 Å². The van der Waals surface area contributed by atoms with E-state index in [9.17, 15) is 37.0 Å². The van der Waals surface area contributed by atoms with Gasteiger partial charge in [0, 0.05) is 12.6 Å². The molecule has 0 radical (unpaired) electrons. The van der Waals surface area contributed by atoms with Gasteiger partial charge in [0.05, 0.1) is 24.3 Å². The van der Waals surface area contributed by atoms with Crippen LogP contribution < -0.4 is 15.4 Å². The first kappa shape index (κ1) is 29.7. The Bertz CT molecular complexity index is 1380. The van der Waals surface area contributed by atoms with Gasteiger partial charge in [0.15, 0.2) is 5.69 Å². The van der Waals surface area contributed by atoms with Crippen LogP contribution in [0.3, 0.4) is 0 Å². The van der Waals surface area contributed by atoms with Gasteiger partial charge in [-0.1, -0.05) is 37.3 Å². The molecule has 0 aliphatic carbocycles. The lowest BCUT2D eigenvalue weighted by molar-refractivity contribution is -0.131. The summed E-state index contributed by atoms with van der Waals surface area (Å²) in [6.45, 7) is 1.54. The van der Waals surface area contributed by atoms with Gasteiger partial charge in [0.2, 0.25) is 15.9 Å². The van der Waals surface area contributed by atoms with Crippen molar-refractivity contribution in [2.45, 2.75) is 38.1 Å². The third-order valence-electron chi connectivity index (χ3n) is 5.70. The fourth-order valence-corrected chi connectivity index (χ4v) is 4.11. The minimum atomic E-state index is -3.75. The fraction of sp³-hybridized carbons (Fsp3) is 0.320. The highest BCUT2D eigenvalue weighted by molar-refractivity contribution is 7.91. The Hall–Kier alpha value is -3.88. The van der Waals surface area contributed by atoms with Crippen LogP contribution in [0.25, 0.3) is 0 Å². The van der Waals surface area contributed by atoms with Gasteiger partial charge in [-0.2, -0.15) is 4.98 Å². The molecule has 0 saturated carbocycles. The second-order valence-corrected chi connectivity index (χ2v) is 10.7. The molecule has 2 amide bonds. The maximum absolute atomic E-state index is 13.8. The lowest BCUT2D eigenvalue weighted by Gasteiger charge is -2.30. The molecule has 210 valence electrons. The van der Waals surface area contributed by atoms with Crippen molar-refractivity contribution in [1.82, 2.24) is 15.6 Å². The molecule has 11 nitrogen and oxygen atoms in total. The molecule has 39 heavy (non-hydrogen) atoms. The third-order valence-corrected chi connectivity index (χ3v) is 6.25. The largest absolute Gasteiger partial charge is 0.431 e. The van der Waals surface area contributed by atoms with E-state index >= 15 is 0 Å². The molecule has 0 unspecified atom stereocenters. The Morgan fingerprint density at radius 3 is 2.28 bits per heavy atom. The zero-order valence-electron chi connectivity index (χ0n) is 21.0. The molecule has 2 aromatic carbocycles. The maximum atomic E-state index is 13.8. The summed E-state index contributed by atoms with van der Waals surface area (Å²) in [6.07, 6.45) is -2.13. The highest BCUT2D eigenvalue weighted by atomic mass is 32.2. The lowest BCUT2D eigenvalue weighted by Crippen LogP contribution is -2.53. The van der Waals surface area contributed by atoms with Gasteiger partial charge in [-0.3, -0.25) is 9.59 Å². The van der Waals surface area contributed by atoms with E-state index in [1.54, 1.807) is 24.3 Å². The molecule has 1 heterocycles. The number of hydrogen-bond acceptors (Lipinski definition) is 8. The van der Waals surface area contributed by atoms with Crippen LogP contribution in [0.4, 0.5) is 14.8 Å². The summed E-state index contributed by atoms with van der Waals surface area (Å²) in [4.78, 5) is 29.2. The Morgan fingerprint density at radius 2 is 1.67 bits per heavy atom. The maximum Gasteiger partial charge on any atom is 0.309 e. The van der Waals surface area contributed by atoms with E-state index in [-0.39, 0.29) is 24.2 Å². The molecule has 3 aromatic rings. The number of anilines is 1. The van der Waals surface area contributed by atoms with Crippen molar-refractivity contribution in [1.29, 1.82) is 0 Å². The number of aliphatic hydroxyl groups excluding tert-OH is 2. The number of aromatic nitrogens is 1. The van der Waals surface area contributed by atoms with Gasteiger partial charge in [-0.25, -0.2) is 21.9 Å². The smallest absolute Gasteiger partial charge is 0.309 e. The van der Waals surface area contributed by atoms with Gasteiger partial charge in [-0.15, -0.1) is 0 Å². The normalized spacial score (nSPS) is 14.6. The van der Waals surface area contributed by atoms with Crippen LogP contribution in [0.2, 0.25) is 0 Å². The van der Waals surface area contributed by atoms with Gasteiger partial charge >= 0.3 is 6.01 Å². The molecule has 1 aromatic heterocycles. The van der Waals surface area contributed by atoms with E-state index in [4.69, 9.17) is 4.42 Å². The fourth-order valence-electron chi connectivity index (χ4n) is 3.70. The molecule has 0 bridgehead atoms. The van der Waals surface area contributed by atoms with Crippen molar-refractivity contribution in [3.63, 3.8) is 0 Å². The Kier molecular flexibility index (Phi) is 9.72. The van der Waals surface area contributed by atoms with Crippen LogP contribution in [-0.2, 0) is 27.8 Å². The average Bonchev–Trinajstić information content (AvgIpc) is 3.32. The number of oxazole rings is 1. The van der Waals surface area contributed by atoms with Crippen LogP contribution in [-0.4, -0.2) is 59.9 Å². The average molecular weight is 567 g/mol. The highest BCUT2D eigenvalue weighted by Crippen LogP contribution is 2.18. The number of benzene rings is 2. The second-order valence-electron chi connectivity index (χ2n) is 8.95. The lowest BCUT2D eigenvalue weighted by atomic mass is 9.90. The van der Waals surface area contributed by atoms with E-state index in [2.05, 4.69) is 15.6 Å². The van der Waals surface area contributed by atoms with Gasteiger partial charge in [-0.05, 0) is 29.7 Å². The van der Waals surface area contributed by atoms with E-state index < -0.39 is 63.7 Å². The van der Waals surface area contributed by atoms with Crippen molar-refractivity contribution in [3.05, 3.63) is 83.2 Å². The van der Waals surface area contributed by atoms with Gasteiger partial charge < -0.3 is 25.3 Å². The summed E-state index contributed by atoms with van der Waals surface area (Å²) in [5.41, 5.74) is 0.473. The minimum Gasteiger partial charge on any atom is -0.431 e. The summed E-state index contributed by atoms with van der Waals surface area (Å²) in [5, 5.41) is 26.8. The first-order valence-electron chi connectivity index (χ1n) is 11.7. The molecule has 0 fully saturated rings. The summed E-state index contributed by atoms with van der Waals surface area (Å²) in [7, 11) is -3.75. The van der Waals surface area contributed by atoms with E-state index in [1.165, 1.54) is 6.92 Å². The number of carbonyl (C=O) groups excluding carboxylic acids is 2. The summed E-state index contributed by atoms with van der Waals surface area (Å²) < 4.78 is 57.2. The number of nitrogens with one attached hydrogen (secondary N) is 3. The summed E-state index contributed by atoms with van der Waals surface area (Å²) in [6, 6.07) is 9.76. The molecule has 0 aliphatic rings. The number of aliphatic hydroxyl groups is 2. The summed E-state index contributed by atoms with van der Waals surface area (Å²) >= 11 is 0. The molecule has 0 aliphatic heterocycles. The second kappa shape index (κ2) is 12.8. The SMILES string of the molecule is C[C@@H](C(=O)NCc1ccccc1)[C@@H](O)[C@H](O)[C@H](Cc1cc(F)cc(F)c1)NC(=O)c1coc(NS(C)(=O)=O)n1. The monoisotopic (exact) mass is 566 g/mol. The molecular weight excluding hydrogens is 538 g/mol. The highest BCUT2D eigenvalue weighted by Gasteiger charge is 2.35. The predicted octanol–water partition coefficient (Wildman–Crippen LogP) is 1.34. The van der Waals surface area contributed by atoms with Gasteiger partial charge in [0.25, 0.3) is 5.91 Å². The van der Waals surface area contributed by atoms with Crippen LogP contribution in [0, 0.1) is 17.6 Å². The van der Waals surface area contributed by atoms with Crippen molar-refractivity contribution in [2.75, 3.05) is 11.0 Å². The van der Waals surface area contributed by atoms with Crippen molar-refractivity contribution >= 4 is 27.9 Å². The quantitative estimate of drug-likeness (QED) is 0.219. The Morgan fingerprint density at radius 1 is 1.03 bits per heavy atom. The first-order chi connectivity index (χ1) is 18.3. The number of sulfonamides is 1. The molecule has 5 N–H and O–H groups in total. The molecule has 3 rings (SSSR count). The molecule has 0 spiro atoms. The minimum absolute atomic E-state index is 0.0461. The first-order valence-corrected chi connectivity index (χ1v) is 13.6. The molecular formula is C25H28F2N4O7S. The van der Waals surface area contributed by atoms with E-state index in [0.717, 1.165) is 30.2 Å². The number of hydrogen-bond donors (Lipinski definition) is 5. The zero-order chi connectivity index (χ0) is 28.7. The number of nitrogens with zero attached hydrogens (tertiary/aromatic N) is 1. The molecule has 0 saturated heterocycles. The molecule has 14 heteroatoms. The van der Waals surface area contributed by atoms with E-state index in [0.29, 0.717) is 6.07 Å². The van der Waals surface area contributed by atoms with Gasteiger partial charge in [0.1, 0.15) is 24.0 Å². The molecule has 4 atom stereocenters. The Labute approximate surface area is 223 Å². The Balaban J connectivity index is 1.77. The van der Waals surface area contributed by atoms with Crippen LogP contribution in [0.1, 0.15) is 28.5 Å². The number of halogens is 2. The third kappa shape index (κ3) is 8.84. The van der Waals surface area contributed by atoms with E-state index in [1.807, 2.05) is 10.8 Å². The number of carbonyl (C=O) groups is 2. The van der Waals surface area contributed by atoms with Crippen LogP contribution in [0.5, 0.6) is 0 Å². The topological polar surface area (TPSA) is 171 Å². The predicted molar refractivity (Wildman–Crippen MR) is 136 cm³/mol. The number of rotatable bonds is 12.